The number of anilines is 1. The number of nitrogens with one attached hydrogen (secondary N) is 5. The third-order valence-corrected chi connectivity index (χ3v) is 8.82. The predicted octanol–water partition coefficient (Wildman–Crippen LogP) is 3.53. The molecule has 14 heteroatoms. The second kappa shape index (κ2) is 17.7. The van der Waals surface area contributed by atoms with Crippen LogP contribution in [0.5, 0.6) is 0 Å². The van der Waals surface area contributed by atoms with Crippen molar-refractivity contribution in [3.8, 4) is 0 Å². The van der Waals surface area contributed by atoms with Crippen molar-refractivity contribution in [1.82, 2.24) is 25.8 Å². The maximum Gasteiger partial charge on any atom is 0.414 e. The normalized spacial score (nSPS) is 18.8. The summed E-state index contributed by atoms with van der Waals surface area (Å²) in [5.41, 5.74) is 2.57. The Morgan fingerprint density at radius 2 is 1.63 bits per heavy atom. The molecule has 3 atom stereocenters. The van der Waals surface area contributed by atoms with E-state index in [1.165, 1.54) is 16.8 Å². The highest BCUT2D eigenvalue weighted by molar-refractivity contribution is 5.99. The van der Waals surface area contributed by atoms with Gasteiger partial charge in [-0.3, -0.25) is 30.0 Å². The van der Waals surface area contributed by atoms with Gasteiger partial charge in [-0.25, -0.2) is 9.59 Å². The van der Waals surface area contributed by atoms with Crippen LogP contribution in [0, 0.1) is 5.41 Å². The number of fused-ring (bicyclic) bond motifs is 1. The van der Waals surface area contributed by atoms with Gasteiger partial charge in [-0.1, -0.05) is 78.9 Å². The van der Waals surface area contributed by atoms with Gasteiger partial charge in [0.25, 0.3) is 0 Å². The highest BCUT2D eigenvalue weighted by atomic mass is 16.6. The number of guanidine groups is 1. The summed E-state index contributed by atoms with van der Waals surface area (Å²) in [6, 6.07) is 22.6. The lowest BCUT2D eigenvalue weighted by Crippen LogP contribution is -2.56. The number of para-hydroxylation sites is 1. The molecule has 0 spiro atoms. The third-order valence-electron chi connectivity index (χ3n) is 8.82. The molecule has 1 saturated heterocycles. The van der Waals surface area contributed by atoms with Crippen LogP contribution in [0.2, 0.25) is 0 Å². The molecule has 2 heterocycles. The number of nitrogens with zero attached hydrogens (tertiary/aromatic N) is 2. The van der Waals surface area contributed by atoms with Gasteiger partial charge in [0, 0.05) is 37.8 Å². The minimum Gasteiger partial charge on any atom is -0.445 e. The maximum absolute atomic E-state index is 14.3. The van der Waals surface area contributed by atoms with E-state index in [4.69, 9.17) is 14.9 Å². The van der Waals surface area contributed by atoms with E-state index in [2.05, 4.69) is 21.3 Å². The number of hydrogen-bond acceptors (Lipinski definition) is 8. The summed E-state index contributed by atoms with van der Waals surface area (Å²) in [6.07, 6.45) is 0.234. The summed E-state index contributed by atoms with van der Waals surface area (Å²) in [7, 11) is 1.52. The van der Waals surface area contributed by atoms with E-state index in [0.29, 0.717) is 37.1 Å². The van der Waals surface area contributed by atoms with Crippen LogP contribution in [0.3, 0.4) is 0 Å². The van der Waals surface area contributed by atoms with Crippen molar-refractivity contribution in [3.63, 3.8) is 0 Å². The number of rotatable bonds is 8. The first-order valence-electron chi connectivity index (χ1n) is 16.9. The summed E-state index contributed by atoms with van der Waals surface area (Å²) in [5.74, 6) is -1.62. The molecule has 1 fully saturated rings. The Morgan fingerprint density at radius 3 is 2.37 bits per heavy atom. The van der Waals surface area contributed by atoms with Crippen molar-refractivity contribution in [2.75, 3.05) is 25.5 Å². The summed E-state index contributed by atoms with van der Waals surface area (Å²) < 4.78 is 10.8. The van der Waals surface area contributed by atoms with Crippen molar-refractivity contribution in [1.29, 1.82) is 5.41 Å². The van der Waals surface area contributed by atoms with Gasteiger partial charge in [-0.15, -0.1) is 0 Å². The van der Waals surface area contributed by atoms with E-state index in [9.17, 15) is 24.0 Å². The largest absolute Gasteiger partial charge is 0.445 e. The number of alkyl carbamates (subject to hydrolysis) is 1. The molecule has 5 rings (SSSR count). The van der Waals surface area contributed by atoms with E-state index in [0.717, 1.165) is 11.1 Å². The summed E-state index contributed by atoms with van der Waals surface area (Å²) in [5, 5.41) is 18.7. The van der Waals surface area contributed by atoms with Gasteiger partial charge < -0.3 is 30.3 Å². The van der Waals surface area contributed by atoms with Crippen LogP contribution in [0.25, 0.3) is 0 Å². The molecule has 14 nitrogen and oxygen atoms in total. The fourth-order valence-electron chi connectivity index (χ4n) is 6.04. The first-order chi connectivity index (χ1) is 24.7. The van der Waals surface area contributed by atoms with Crippen molar-refractivity contribution < 1.29 is 33.4 Å². The van der Waals surface area contributed by atoms with E-state index in [-0.39, 0.29) is 38.6 Å². The van der Waals surface area contributed by atoms with E-state index < -0.39 is 48.0 Å². The second-order valence-electron chi connectivity index (χ2n) is 12.4. The number of carbonyl (C=O) groups excluding carboxylic acids is 5. The zero-order valence-corrected chi connectivity index (χ0v) is 28.4. The highest BCUT2D eigenvalue weighted by Gasteiger charge is 2.40. The Balaban J connectivity index is 1.31. The van der Waals surface area contributed by atoms with E-state index >= 15 is 0 Å². The molecule has 3 aromatic carbocycles. The number of ether oxygens (including phenoxy) is 2. The molecule has 1 unspecified atom stereocenters. The number of benzene rings is 3. The quantitative estimate of drug-likeness (QED) is 0.237. The average molecular weight is 698 g/mol. The SMILES string of the molecule is CN(C(=O)OCc1ccccc1)[C@H](Cc1ccccc1)C(=O)N1CCC[C@H]1C(=O)NC1CCCNC(=N)NC(=O)OCc2ccccc2NC1=O. The predicted molar refractivity (Wildman–Crippen MR) is 188 cm³/mol. The van der Waals surface area contributed by atoms with Crippen LogP contribution in [0.1, 0.15) is 42.4 Å². The number of likely N-dealkylation sites (tertiary alicyclic amines) is 1. The van der Waals surface area contributed by atoms with Crippen LogP contribution in [-0.2, 0) is 43.5 Å². The summed E-state index contributed by atoms with van der Waals surface area (Å²) in [6.45, 7) is 0.412. The van der Waals surface area contributed by atoms with Gasteiger partial charge >= 0.3 is 12.2 Å². The van der Waals surface area contributed by atoms with E-state index in [1.807, 2.05) is 60.7 Å². The lowest BCUT2D eigenvalue weighted by atomic mass is 10.0. The molecule has 5 N–H and O–H groups in total. The molecule has 2 aliphatic heterocycles. The van der Waals surface area contributed by atoms with Gasteiger partial charge in [0.05, 0.1) is 0 Å². The van der Waals surface area contributed by atoms with Gasteiger partial charge in [-0.2, -0.15) is 0 Å². The zero-order valence-electron chi connectivity index (χ0n) is 28.4. The molecule has 0 aliphatic carbocycles. The van der Waals surface area contributed by atoms with Crippen molar-refractivity contribution in [2.45, 2.75) is 63.4 Å². The number of amides is 5. The van der Waals surface area contributed by atoms with Crippen LogP contribution >= 0.6 is 0 Å². The fraction of sp³-hybridized carbons (Fsp3) is 0.351. The zero-order chi connectivity index (χ0) is 36.2. The standard InChI is InChI=1S/C37H43N7O7/c1-43(37(49)51-23-26-14-6-3-7-15-26)31(22-25-12-4-2-5-13-25)34(47)44-21-11-19-30(44)33(46)41-29-18-10-20-39-35(38)42-36(48)50-24-27-16-8-9-17-28(27)40-32(29)45/h2-9,12-17,29-31H,10-11,18-24H2,1H3,(H,40,45)(H,41,46)(H3,38,39,42,48)/t29?,30-,31+/m0/s1. The monoisotopic (exact) mass is 697 g/mol. The topological polar surface area (TPSA) is 182 Å². The van der Waals surface area contributed by atoms with Gasteiger partial charge in [-0.05, 0) is 42.9 Å². The highest BCUT2D eigenvalue weighted by Crippen LogP contribution is 2.23. The summed E-state index contributed by atoms with van der Waals surface area (Å²) >= 11 is 0. The van der Waals surface area contributed by atoms with Crippen LogP contribution in [0.4, 0.5) is 15.3 Å². The molecule has 0 aromatic heterocycles. The molecule has 0 radical (unpaired) electrons. The Labute approximate surface area is 296 Å². The fourth-order valence-corrected chi connectivity index (χ4v) is 6.04. The van der Waals surface area contributed by atoms with Gasteiger partial charge in [0.15, 0.2) is 5.96 Å². The minimum absolute atomic E-state index is 0.0389. The number of carbonyl (C=O) groups is 5. The molecule has 0 saturated carbocycles. The maximum atomic E-state index is 14.3. The first-order valence-corrected chi connectivity index (χ1v) is 16.9. The van der Waals surface area contributed by atoms with E-state index in [1.54, 1.807) is 24.3 Å². The number of cyclic esters (lactones) is 1. The third kappa shape index (κ3) is 10.1. The van der Waals surface area contributed by atoms with Crippen molar-refractivity contribution in [3.05, 3.63) is 102 Å². The Bertz CT molecular complexity index is 1710. The Hall–Kier alpha value is -5.92. The van der Waals surface area contributed by atoms with Crippen LogP contribution in [-0.4, -0.2) is 83.9 Å². The van der Waals surface area contributed by atoms with Gasteiger partial charge in [0.2, 0.25) is 17.7 Å². The number of likely N-dealkylation sites (N-methyl/N-ethyl adjacent to an activating group) is 1. The van der Waals surface area contributed by atoms with Crippen molar-refractivity contribution >= 4 is 41.6 Å². The van der Waals surface area contributed by atoms with Crippen LogP contribution in [0.15, 0.2) is 84.9 Å². The lowest BCUT2D eigenvalue weighted by molar-refractivity contribution is -0.142. The lowest BCUT2D eigenvalue weighted by Gasteiger charge is -2.33. The number of hydrogen-bond donors (Lipinski definition) is 5. The molecule has 0 bridgehead atoms. The average Bonchev–Trinajstić information content (AvgIpc) is 3.64. The molecule has 3 aromatic rings. The van der Waals surface area contributed by atoms with Gasteiger partial charge in [0.1, 0.15) is 31.3 Å². The molecule has 268 valence electrons. The van der Waals surface area contributed by atoms with Crippen molar-refractivity contribution in [2.24, 2.45) is 0 Å². The smallest absolute Gasteiger partial charge is 0.414 e. The van der Waals surface area contributed by atoms with Crippen LogP contribution < -0.4 is 21.3 Å². The molecule has 5 amide bonds. The second-order valence-corrected chi connectivity index (χ2v) is 12.4. The molecular formula is C37H43N7O7. The molecule has 2 aliphatic rings. The first kappa shape index (κ1) is 36.4. The molecule has 51 heavy (non-hydrogen) atoms. The Morgan fingerprint density at radius 1 is 0.941 bits per heavy atom. The summed E-state index contributed by atoms with van der Waals surface area (Å²) in [4.78, 5) is 70.0. The Kier molecular flexibility index (Phi) is 12.6. The molecular weight excluding hydrogens is 654 g/mol. The minimum atomic E-state index is -0.978.